The van der Waals surface area contributed by atoms with Crippen molar-refractivity contribution in [3.05, 3.63) is 53.3 Å². The molecule has 4 nitrogen and oxygen atoms in total. The Kier molecular flexibility index (Phi) is 6.16. The van der Waals surface area contributed by atoms with E-state index in [0.29, 0.717) is 24.7 Å². The number of aromatic nitrogens is 2. The Bertz CT molecular complexity index is 796. The highest BCUT2D eigenvalue weighted by Crippen LogP contribution is 2.31. The lowest BCUT2D eigenvalue weighted by molar-refractivity contribution is -0.137. The molecule has 0 saturated carbocycles. The predicted octanol–water partition coefficient (Wildman–Crippen LogP) is 4.31. The fourth-order valence-corrected chi connectivity index (χ4v) is 3.60. The summed E-state index contributed by atoms with van der Waals surface area (Å²) in [6.07, 6.45) is 2.53. The SMILES string of the molecule is CSc1ncc(CN2CCCC(C(=O)c3cccc(C(F)(F)F)c3)C2)cn1. The number of halogens is 3. The molecule has 8 heteroatoms. The molecule has 0 aliphatic carbocycles. The van der Waals surface area contributed by atoms with E-state index in [4.69, 9.17) is 0 Å². The Morgan fingerprint density at radius 1 is 1.30 bits per heavy atom. The molecule has 1 aliphatic rings. The van der Waals surface area contributed by atoms with E-state index in [1.54, 1.807) is 12.4 Å². The fraction of sp³-hybridized carbons (Fsp3) is 0.421. The minimum atomic E-state index is -4.45. The molecule has 2 heterocycles. The zero-order valence-electron chi connectivity index (χ0n) is 14.9. The van der Waals surface area contributed by atoms with Crippen molar-refractivity contribution in [3.63, 3.8) is 0 Å². The number of carbonyl (C=O) groups is 1. The van der Waals surface area contributed by atoms with Crippen LogP contribution in [-0.2, 0) is 12.7 Å². The Labute approximate surface area is 160 Å². The molecule has 0 spiro atoms. The topological polar surface area (TPSA) is 46.1 Å². The van der Waals surface area contributed by atoms with Gasteiger partial charge in [-0.3, -0.25) is 9.69 Å². The van der Waals surface area contributed by atoms with Gasteiger partial charge in [0.15, 0.2) is 10.9 Å². The summed E-state index contributed by atoms with van der Waals surface area (Å²) in [5.41, 5.74) is 0.302. The summed E-state index contributed by atoms with van der Waals surface area (Å²) in [5.74, 6) is -0.520. The average molecular weight is 395 g/mol. The van der Waals surface area contributed by atoms with Gasteiger partial charge in [0.05, 0.1) is 5.56 Å². The van der Waals surface area contributed by atoms with E-state index in [2.05, 4.69) is 14.9 Å². The normalized spacial score (nSPS) is 18.4. The molecule has 1 aliphatic heterocycles. The summed E-state index contributed by atoms with van der Waals surface area (Å²) >= 11 is 1.47. The number of piperidine rings is 1. The molecule has 1 aromatic heterocycles. The number of alkyl halides is 3. The number of nitrogens with zero attached hydrogens (tertiary/aromatic N) is 3. The van der Waals surface area contributed by atoms with Crippen molar-refractivity contribution < 1.29 is 18.0 Å². The maximum Gasteiger partial charge on any atom is 0.416 e. The third-order valence-corrected chi connectivity index (χ3v) is 5.20. The van der Waals surface area contributed by atoms with Crippen molar-refractivity contribution in [2.24, 2.45) is 5.92 Å². The summed E-state index contributed by atoms with van der Waals surface area (Å²) < 4.78 is 38.7. The Morgan fingerprint density at radius 3 is 2.70 bits per heavy atom. The fourth-order valence-electron chi connectivity index (χ4n) is 3.29. The van der Waals surface area contributed by atoms with Crippen molar-refractivity contribution in [2.75, 3.05) is 19.3 Å². The number of rotatable bonds is 5. The zero-order valence-corrected chi connectivity index (χ0v) is 15.7. The highest BCUT2D eigenvalue weighted by molar-refractivity contribution is 7.98. The number of thioether (sulfide) groups is 1. The van der Waals surface area contributed by atoms with Crippen molar-refractivity contribution >= 4 is 17.5 Å². The summed E-state index contributed by atoms with van der Waals surface area (Å²) in [7, 11) is 0. The number of benzene rings is 1. The first-order valence-corrected chi connectivity index (χ1v) is 9.88. The van der Waals surface area contributed by atoms with Crippen LogP contribution >= 0.6 is 11.8 Å². The molecule has 27 heavy (non-hydrogen) atoms. The van der Waals surface area contributed by atoms with Gasteiger partial charge in [0, 0.05) is 42.5 Å². The van der Waals surface area contributed by atoms with Crippen LogP contribution < -0.4 is 0 Å². The number of likely N-dealkylation sites (tertiary alicyclic amines) is 1. The average Bonchev–Trinajstić information content (AvgIpc) is 2.68. The van der Waals surface area contributed by atoms with Gasteiger partial charge in [-0.2, -0.15) is 13.2 Å². The smallest absolute Gasteiger partial charge is 0.298 e. The number of carbonyl (C=O) groups excluding carboxylic acids is 1. The first-order valence-electron chi connectivity index (χ1n) is 8.65. The maximum absolute atomic E-state index is 12.9. The molecule has 0 bridgehead atoms. The predicted molar refractivity (Wildman–Crippen MR) is 97.6 cm³/mol. The second-order valence-corrected chi connectivity index (χ2v) is 7.37. The second kappa shape index (κ2) is 8.39. The van der Waals surface area contributed by atoms with Gasteiger partial charge in [-0.25, -0.2) is 9.97 Å². The molecular weight excluding hydrogens is 375 g/mol. The van der Waals surface area contributed by atoms with Crippen LogP contribution in [0.1, 0.15) is 34.3 Å². The standard InChI is InChI=1S/C19H20F3N3OS/c1-27-18-23-9-13(10-24-18)11-25-7-3-5-15(12-25)17(26)14-4-2-6-16(8-14)19(20,21)22/h2,4,6,8-10,15H,3,5,7,11-12H2,1H3. The van der Waals surface area contributed by atoms with Crippen LogP contribution in [0.5, 0.6) is 0 Å². The molecule has 0 N–H and O–H groups in total. The van der Waals surface area contributed by atoms with Crippen LogP contribution in [0.3, 0.4) is 0 Å². The maximum atomic E-state index is 12.9. The largest absolute Gasteiger partial charge is 0.416 e. The highest BCUT2D eigenvalue weighted by Gasteiger charge is 2.32. The van der Waals surface area contributed by atoms with E-state index in [1.165, 1.54) is 23.9 Å². The van der Waals surface area contributed by atoms with Crippen LogP contribution in [0.2, 0.25) is 0 Å². The molecule has 1 aromatic carbocycles. The van der Waals surface area contributed by atoms with Gasteiger partial charge in [0.1, 0.15) is 0 Å². The molecule has 1 fully saturated rings. The molecule has 1 saturated heterocycles. The van der Waals surface area contributed by atoms with Gasteiger partial charge in [-0.1, -0.05) is 23.9 Å². The molecule has 0 amide bonds. The van der Waals surface area contributed by atoms with Crippen LogP contribution in [0, 0.1) is 5.92 Å². The second-order valence-electron chi connectivity index (χ2n) is 6.60. The first kappa shape index (κ1) is 19.8. The van der Waals surface area contributed by atoms with Crippen molar-refractivity contribution in [1.82, 2.24) is 14.9 Å². The molecule has 1 unspecified atom stereocenters. The van der Waals surface area contributed by atoms with E-state index in [1.807, 2.05) is 6.26 Å². The molecule has 1 atom stereocenters. The van der Waals surface area contributed by atoms with Crippen molar-refractivity contribution in [1.29, 1.82) is 0 Å². The van der Waals surface area contributed by atoms with E-state index < -0.39 is 11.7 Å². The van der Waals surface area contributed by atoms with Gasteiger partial charge < -0.3 is 0 Å². The lowest BCUT2D eigenvalue weighted by Gasteiger charge is -2.32. The van der Waals surface area contributed by atoms with E-state index in [-0.39, 0.29) is 17.3 Å². The van der Waals surface area contributed by atoms with Crippen LogP contribution in [0.25, 0.3) is 0 Å². The lowest BCUT2D eigenvalue weighted by Crippen LogP contribution is -2.38. The summed E-state index contributed by atoms with van der Waals surface area (Å²) in [6, 6.07) is 4.70. The van der Waals surface area contributed by atoms with Crippen molar-refractivity contribution in [3.8, 4) is 0 Å². The molecular formula is C19H20F3N3OS. The van der Waals surface area contributed by atoms with E-state index >= 15 is 0 Å². The highest BCUT2D eigenvalue weighted by atomic mass is 32.2. The Morgan fingerprint density at radius 2 is 2.04 bits per heavy atom. The van der Waals surface area contributed by atoms with Crippen LogP contribution in [-0.4, -0.2) is 40.0 Å². The number of ketones is 1. The van der Waals surface area contributed by atoms with Crippen molar-refractivity contribution in [2.45, 2.75) is 30.7 Å². The van der Waals surface area contributed by atoms with Crippen LogP contribution in [0.4, 0.5) is 13.2 Å². The van der Waals surface area contributed by atoms with Gasteiger partial charge in [0.25, 0.3) is 0 Å². The minimum absolute atomic E-state index is 0.129. The Balaban J connectivity index is 1.67. The number of hydrogen-bond donors (Lipinski definition) is 0. The van der Waals surface area contributed by atoms with Gasteiger partial charge in [-0.15, -0.1) is 0 Å². The van der Waals surface area contributed by atoms with Gasteiger partial charge in [0.2, 0.25) is 0 Å². The summed E-state index contributed by atoms with van der Waals surface area (Å²) in [4.78, 5) is 23.4. The molecule has 2 aromatic rings. The summed E-state index contributed by atoms with van der Waals surface area (Å²) in [6.45, 7) is 2.00. The molecule has 3 rings (SSSR count). The summed E-state index contributed by atoms with van der Waals surface area (Å²) in [5, 5.41) is 0.704. The lowest BCUT2D eigenvalue weighted by atomic mass is 9.89. The molecule has 144 valence electrons. The van der Waals surface area contributed by atoms with Crippen LogP contribution in [0.15, 0.2) is 41.8 Å². The van der Waals surface area contributed by atoms with Gasteiger partial charge in [-0.05, 0) is 37.8 Å². The van der Waals surface area contributed by atoms with Gasteiger partial charge >= 0.3 is 6.18 Å². The number of Topliss-reactive ketones (excluding diaryl/α,β-unsaturated/α-hetero) is 1. The number of hydrogen-bond acceptors (Lipinski definition) is 5. The van der Waals surface area contributed by atoms with E-state index in [9.17, 15) is 18.0 Å². The quantitative estimate of drug-likeness (QED) is 0.429. The molecule has 0 radical (unpaired) electrons. The zero-order chi connectivity index (χ0) is 19.4. The Hall–Kier alpha value is -1.93. The third-order valence-electron chi connectivity index (χ3n) is 4.62. The first-order chi connectivity index (χ1) is 12.9. The van der Waals surface area contributed by atoms with E-state index in [0.717, 1.165) is 30.7 Å². The minimum Gasteiger partial charge on any atom is -0.298 e. The third kappa shape index (κ3) is 5.07. The monoisotopic (exact) mass is 395 g/mol.